The first-order valence-electron chi connectivity index (χ1n) is 5.64. The number of amides is 1. The van der Waals surface area contributed by atoms with Crippen LogP contribution in [0.1, 0.15) is 19.8 Å². The summed E-state index contributed by atoms with van der Waals surface area (Å²) < 4.78 is 4.97. The second kappa shape index (κ2) is 6.08. The van der Waals surface area contributed by atoms with E-state index in [1.807, 2.05) is 11.9 Å². The van der Waals surface area contributed by atoms with E-state index in [1.54, 1.807) is 7.11 Å². The molecule has 4 nitrogen and oxygen atoms in total. The van der Waals surface area contributed by atoms with Gasteiger partial charge in [-0.25, -0.2) is 0 Å². The molecule has 1 aliphatic rings. The van der Waals surface area contributed by atoms with Gasteiger partial charge in [-0.2, -0.15) is 0 Å². The van der Waals surface area contributed by atoms with Gasteiger partial charge in [0.25, 0.3) is 0 Å². The summed E-state index contributed by atoms with van der Waals surface area (Å²) in [7, 11) is 3.56. The van der Waals surface area contributed by atoms with Gasteiger partial charge in [0.2, 0.25) is 5.91 Å². The van der Waals surface area contributed by atoms with Crippen molar-refractivity contribution >= 4 is 5.91 Å². The molecule has 0 aliphatic carbocycles. The number of hydrogen-bond acceptors (Lipinski definition) is 3. The molecule has 4 heteroatoms. The summed E-state index contributed by atoms with van der Waals surface area (Å²) >= 11 is 0. The van der Waals surface area contributed by atoms with Crippen LogP contribution in [0, 0.1) is 5.92 Å². The van der Waals surface area contributed by atoms with Gasteiger partial charge in [0.1, 0.15) is 0 Å². The largest absolute Gasteiger partial charge is 0.385 e. The van der Waals surface area contributed by atoms with Crippen molar-refractivity contribution in [3.05, 3.63) is 0 Å². The summed E-state index contributed by atoms with van der Waals surface area (Å²) in [6.07, 6.45) is 1.88. The van der Waals surface area contributed by atoms with Crippen molar-refractivity contribution in [2.45, 2.75) is 25.8 Å². The third-order valence-electron chi connectivity index (χ3n) is 3.06. The normalized spacial score (nSPS) is 25.5. The molecule has 0 spiro atoms. The van der Waals surface area contributed by atoms with E-state index in [-0.39, 0.29) is 11.8 Å². The molecule has 1 amide bonds. The van der Waals surface area contributed by atoms with E-state index >= 15 is 0 Å². The van der Waals surface area contributed by atoms with E-state index in [0.29, 0.717) is 6.04 Å². The zero-order valence-electron chi connectivity index (χ0n) is 9.95. The van der Waals surface area contributed by atoms with Gasteiger partial charge in [-0.05, 0) is 26.3 Å². The second-order valence-electron chi connectivity index (χ2n) is 4.24. The van der Waals surface area contributed by atoms with Crippen molar-refractivity contribution in [3.63, 3.8) is 0 Å². The smallest absolute Gasteiger partial charge is 0.227 e. The minimum atomic E-state index is 0.164. The molecule has 1 saturated heterocycles. The minimum absolute atomic E-state index is 0.164. The highest BCUT2D eigenvalue weighted by Crippen LogP contribution is 2.17. The Morgan fingerprint density at radius 2 is 2.33 bits per heavy atom. The summed E-state index contributed by atoms with van der Waals surface area (Å²) in [5.74, 6) is 0.432. The van der Waals surface area contributed by atoms with E-state index in [1.165, 1.54) is 0 Å². The Labute approximate surface area is 92.0 Å². The van der Waals surface area contributed by atoms with Crippen molar-refractivity contribution in [2.75, 3.05) is 33.9 Å². The molecule has 0 aromatic heterocycles. The predicted octanol–water partition coefficient (Wildman–Crippen LogP) is 0.479. The number of hydrogen-bond donors (Lipinski definition) is 1. The summed E-state index contributed by atoms with van der Waals surface area (Å²) in [6.45, 7) is 4.55. The molecule has 1 fully saturated rings. The lowest BCUT2D eigenvalue weighted by atomic mass is 10.0. The quantitative estimate of drug-likeness (QED) is 0.677. The van der Waals surface area contributed by atoms with Crippen LogP contribution < -0.4 is 5.32 Å². The van der Waals surface area contributed by atoms with E-state index < -0.39 is 0 Å². The molecule has 0 radical (unpaired) electrons. The van der Waals surface area contributed by atoms with Crippen LogP contribution in [0.15, 0.2) is 0 Å². The fourth-order valence-corrected chi connectivity index (χ4v) is 2.04. The molecule has 15 heavy (non-hydrogen) atoms. The molecule has 2 atom stereocenters. The Morgan fingerprint density at radius 1 is 1.60 bits per heavy atom. The lowest BCUT2D eigenvalue weighted by Gasteiger charge is -2.23. The van der Waals surface area contributed by atoms with Crippen LogP contribution in [-0.4, -0.2) is 50.7 Å². The Morgan fingerprint density at radius 3 is 2.87 bits per heavy atom. The van der Waals surface area contributed by atoms with Gasteiger partial charge in [-0.1, -0.05) is 0 Å². The number of ether oxygens (including phenoxy) is 1. The van der Waals surface area contributed by atoms with Gasteiger partial charge < -0.3 is 15.0 Å². The zero-order valence-corrected chi connectivity index (χ0v) is 9.95. The fourth-order valence-electron chi connectivity index (χ4n) is 2.04. The van der Waals surface area contributed by atoms with Crippen LogP contribution in [0.25, 0.3) is 0 Å². The maximum atomic E-state index is 12.0. The molecular weight excluding hydrogens is 192 g/mol. The SMILES string of the molecule is COCCCN(C)C(=O)C1CCNC1C. The van der Waals surface area contributed by atoms with E-state index in [4.69, 9.17) is 4.74 Å². The molecule has 1 aliphatic heterocycles. The lowest BCUT2D eigenvalue weighted by Crippen LogP contribution is -2.38. The maximum absolute atomic E-state index is 12.0. The number of nitrogens with zero attached hydrogens (tertiary/aromatic N) is 1. The Kier molecular flexibility index (Phi) is 5.05. The van der Waals surface area contributed by atoms with Crippen LogP contribution in [0.5, 0.6) is 0 Å². The third-order valence-corrected chi connectivity index (χ3v) is 3.06. The second-order valence-corrected chi connectivity index (χ2v) is 4.24. The highest BCUT2D eigenvalue weighted by Gasteiger charge is 2.31. The van der Waals surface area contributed by atoms with Crippen molar-refractivity contribution in [3.8, 4) is 0 Å². The molecule has 2 unspecified atom stereocenters. The number of carbonyl (C=O) groups is 1. The van der Waals surface area contributed by atoms with Gasteiger partial charge in [-0.3, -0.25) is 4.79 Å². The van der Waals surface area contributed by atoms with Crippen LogP contribution >= 0.6 is 0 Å². The molecule has 88 valence electrons. The average molecular weight is 214 g/mol. The molecular formula is C11H22N2O2. The number of nitrogens with one attached hydrogen (secondary N) is 1. The summed E-state index contributed by atoms with van der Waals surface area (Å²) in [4.78, 5) is 13.8. The first-order valence-corrected chi connectivity index (χ1v) is 5.64. The van der Waals surface area contributed by atoms with Gasteiger partial charge in [0, 0.05) is 33.4 Å². The zero-order chi connectivity index (χ0) is 11.3. The molecule has 0 aromatic carbocycles. The highest BCUT2D eigenvalue weighted by molar-refractivity contribution is 5.79. The van der Waals surface area contributed by atoms with Crippen LogP contribution in [0.4, 0.5) is 0 Å². The van der Waals surface area contributed by atoms with Crippen LogP contribution in [0.3, 0.4) is 0 Å². The van der Waals surface area contributed by atoms with Crippen molar-refractivity contribution in [1.29, 1.82) is 0 Å². The third kappa shape index (κ3) is 3.47. The molecule has 0 bridgehead atoms. The van der Waals surface area contributed by atoms with Gasteiger partial charge in [0.05, 0.1) is 5.92 Å². The first-order chi connectivity index (χ1) is 7.16. The predicted molar refractivity (Wildman–Crippen MR) is 59.7 cm³/mol. The van der Waals surface area contributed by atoms with Crippen molar-refractivity contribution < 1.29 is 9.53 Å². The van der Waals surface area contributed by atoms with Gasteiger partial charge in [0.15, 0.2) is 0 Å². The van der Waals surface area contributed by atoms with Crippen LogP contribution in [-0.2, 0) is 9.53 Å². The molecule has 0 aromatic rings. The maximum Gasteiger partial charge on any atom is 0.227 e. The molecule has 0 saturated carbocycles. The standard InChI is InChI=1S/C11H22N2O2/c1-9-10(5-6-12-9)11(14)13(2)7-4-8-15-3/h9-10,12H,4-8H2,1-3H3. The molecule has 1 heterocycles. The van der Waals surface area contributed by atoms with E-state index in [0.717, 1.165) is 32.5 Å². The number of rotatable bonds is 5. The average Bonchev–Trinajstić information content (AvgIpc) is 2.63. The molecule has 1 rings (SSSR count). The van der Waals surface area contributed by atoms with Gasteiger partial charge in [-0.15, -0.1) is 0 Å². The number of carbonyl (C=O) groups excluding carboxylic acids is 1. The first kappa shape index (κ1) is 12.5. The van der Waals surface area contributed by atoms with Gasteiger partial charge >= 0.3 is 0 Å². The van der Waals surface area contributed by atoms with Crippen molar-refractivity contribution in [1.82, 2.24) is 10.2 Å². The Hall–Kier alpha value is -0.610. The highest BCUT2D eigenvalue weighted by atomic mass is 16.5. The minimum Gasteiger partial charge on any atom is -0.385 e. The monoisotopic (exact) mass is 214 g/mol. The van der Waals surface area contributed by atoms with E-state index in [9.17, 15) is 4.79 Å². The summed E-state index contributed by atoms with van der Waals surface area (Å²) in [5, 5.41) is 3.30. The summed E-state index contributed by atoms with van der Waals surface area (Å²) in [6, 6.07) is 0.322. The molecule has 1 N–H and O–H groups in total. The number of methoxy groups -OCH3 is 1. The summed E-state index contributed by atoms with van der Waals surface area (Å²) in [5.41, 5.74) is 0. The Balaban J connectivity index is 2.31. The fraction of sp³-hybridized carbons (Fsp3) is 0.909. The lowest BCUT2D eigenvalue weighted by molar-refractivity contribution is -0.134. The van der Waals surface area contributed by atoms with Crippen LogP contribution in [0.2, 0.25) is 0 Å². The van der Waals surface area contributed by atoms with Crippen molar-refractivity contribution in [2.24, 2.45) is 5.92 Å². The Bertz CT molecular complexity index is 209. The van der Waals surface area contributed by atoms with E-state index in [2.05, 4.69) is 12.2 Å². The topological polar surface area (TPSA) is 41.6 Å².